The number of fused-ring (bicyclic) bond motifs is 1. The number of nitrogens with one attached hydrogen (secondary N) is 2. The molecule has 2 heterocycles. The lowest BCUT2D eigenvalue weighted by Gasteiger charge is -2.27. The number of hydrogen-bond acceptors (Lipinski definition) is 2. The summed E-state index contributed by atoms with van der Waals surface area (Å²) < 4.78 is 5.40. The van der Waals surface area contributed by atoms with E-state index >= 15 is 0 Å². The second kappa shape index (κ2) is 6.03. The van der Waals surface area contributed by atoms with Gasteiger partial charge in [-0.15, -0.1) is 0 Å². The number of benzene rings is 1. The van der Waals surface area contributed by atoms with Gasteiger partial charge in [0.15, 0.2) is 0 Å². The first-order chi connectivity index (χ1) is 10.5. The molecule has 0 bridgehead atoms. The van der Waals surface area contributed by atoms with Gasteiger partial charge in [0.1, 0.15) is 38.3 Å². The Hall–Kier alpha value is -1.36. The summed E-state index contributed by atoms with van der Waals surface area (Å²) in [4.78, 5) is 15.0. The Kier molecular flexibility index (Phi) is 4.26. The Labute approximate surface area is 135 Å². The molecule has 1 aromatic carbocycles. The summed E-state index contributed by atoms with van der Waals surface area (Å²) in [6.45, 7) is 9.41. The molecule has 0 aliphatic carbocycles. The fourth-order valence-corrected chi connectivity index (χ4v) is 3.52. The monoisotopic (exact) mass is 322 g/mol. The van der Waals surface area contributed by atoms with Gasteiger partial charge in [-0.3, -0.25) is 0 Å². The highest BCUT2D eigenvalue weighted by molar-refractivity contribution is 6.33. The van der Waals surface area contributed by atoms with Gasteiger partial charge >= 0.3 is 5.63 Å². The van der Waals surface area contributed by atoms with E-state index in [0.29, 0.717) is 5.58 Å². The van der Waals surface area contributed by atoms with Crippen LogP contribution < -0.4 is 15.4 Å². The first kappa shape index (κ1) is 15.5. The van der Waals surface area contributed by atoms with E-state index < -0.39 is 0 Å². The molecule has 0 spiro atoms. The predicted octanol–water partition coefficient (Wildman–Crippen LogP) is -0.0236. The van der Waals surface area contributed by atoms with E-state index in [1.807, 2.05) is 19.9 Å². The topological polar surface area (TPSA) is 39.1 Å². The Morgan fingerprint density at radius 3 is 2.55 bits per heavy atom. The van der Waals surface area contributed by atoms with Crippen LogP contribution in [0.1, 0.15) is 16.7 Å². The van der Waals surface area contributed by atoms with Gasteiger partial charge in [0.2, 0.25) is 0 Å². The molecule has 2 N–H and O–H groups in total. The quantitative estimate of drug-likeness (QED) is 0.763. The first-order valence-electron chi connectivity index (χ1n) is 7.83. The second-order valence-electron chi connectivity index (χ2n) is 6.48. The zero-order valence-corrected chi connectivity index (χ0v) is 14.1. The molecule has 1 saturated heterocycles. The maximum absolute atomic E-state index is 11.9. The van der Waals surface area contributed by atoms with E-state index in [2.05, 4.69) is 7.05 Å². The van der Waals surface area contributed by atoms with Crippen molar-refractivity contribution in [1.82, 2.24) is 0 Å². The van der Waals surface area contributed by atoms with Crippen molar-refractivity contribution in [3.05, 3.63) is 44.3 Å². The Balaban J connectivity index is 2.05. The average molecular weight is 323 g/mol. The van der Waals surface area contributed by atoms with Crippen LogP contribution in [0, 0.1) is 13.8 Å². The van der Waals surface area contributed by atoms with Gasteiger partial charge < -0.3 is 14.2 Å². The number of halogens is 1. The van der Waals surface area contributed by atoms with E-state index in [-0.39, 0.29) is 5.63 Å². The van der Waals surface area contributed by atoms with Gasteiger partial charge in [0.05, 0.1) is 7.05 Å². The van der Waals surface area contributed by atoms with Gasteiger partial charge in [-0.2, -0.15) is 0 Å². The van der Waals surface area contributed by atoms with Crippen molar-refractivity contribution in [3.8, 4) is 0 Å². The minimum absolute atomic E-state index is 0.275. The molecule has 0 atom stereocenters. The molecule has 0 saturated carbocycles. The zero-order valence-electron chi connectivity index (χ0n) is 13.4. The predicted molar refractivity (Wildman–Crippen MR) is 88.0 cm³/mol. The second-order valence-corrected chi connectivity index (χ2v) is 6.86. The molecule has 22 heavy (non-hydrogen) atoms. The molecule has 0 unspecified atom stereocenters. The average Bonchev–Trinajstić information content (AvgIpc) is 2.46. The van der Waals surface area contributed by atoms with Crippen molar-refractivity contribution in [2.75, 3.05) is 33.2 Å². The Bertz CT molecular complexity index is 761. The standard InChI is InChI=1S/C17H21ClN2O2/c1-11-8-14-16(12(2)17(11)18)13(9-15(21)22-14)10-20-6-4-19(3)5-7-20/h8-9H,4-7,10H2,1-3H3/p+2. The van der Waals surface area contributed by atoms with Crippen LogP contribution in [-0.4, -0.2) is 33.2 Å². The molecular weight excluding hydrogens is 300 g/mol. The summed E-state index contributed by atoms with van der Waals surface area (Å²) in [6, 6.07) is 3.51. The number of aryl methyl sites for hydroxylation is 2. The smallest absolute Gasteiger partial charge is 0.336 e. The van der Waals surface area contributed by atoms with Crippen molar-refractivity contribution in [3.63, 3.8) is 0 Å². The minimum Gasteiger partial charge on any atom is -0.423 e. The van der Waals surface area contributed by atoms with Crippen molar-refractivity contribution in [1.29, 1.82) is 0 Å². The van der Waals surface area contributed by atoms with Crippen LogP contribution in [0.15, 0.2) is 21.3 Å². The molecule has 0 radical (unpaired) electrons. The highest BCUT2D eigenvalue weighted by atomic mass is 35.5. The van der Waals surface area contributed by atoms with Crippen LogP contribution in [0.4, 0.5) is 0 Å². The third kappa shape index (κ3) is 2.91. The van der Waals surface area contributed by atoms with Crippen molar-refractivity contribution in [2.45, 2.75) is 20.4 Å². The lowest BCUT2D eigenvalue weighted by molar-refractivity contribution is -1.01. The number of hydrogen-bond donors (Lipinski definition) is 2. The van der Waals surface area contributed by atoms with Crippen LogP contribution in [-0.2, 0) is 6.54 Å². The lowest BCUT2D eigenvalue weighted by Crippen LogP contribution is -3.26. The normalized spacial score (nSPS) is 22.2. The Morgan fingerprint density at radius 1 is 1.18 bits per heavy atom. The summed E-state index contributed by atoms with van der Waals surface area (Å²) >= 11 is 6.40. The van der Waals surface area contributed by atoms with Crippen LogP contribution in [0.25, 0.3) is 11.0 Å². The third-order valence-corrected chi connectivity index (χ3v) is 5.30. The zero-order chi connectivity index (χ0) is 15.9. The first-order valence-corrected chi connectivity index (χ1v) is 8.21. The third-order valence-electron chi connectivity index (χ3n) is 4.72. The lowest BCUT2D eigenvalue weighted by atomic mass is 10.0. The molecule has 2 aromatic rings. The molecule has 4 nitrogen and oxygen atoms in total. The summed E-state index contributed by atoms with van der Waals surface area (Å²) in [7, 11) is 2.23. The summed E-state index contributed by atoms with van der Waals surface area (Å²) in [5.74, 6) is 0. The minimum atomic E-state index is -0.275. The van der Waals surface area contributed by atoms with Crippen molar-refractivity contribution >= 4 is 22.6 Å². The molecule has 3 rings (SSSR count). The van der Waals surface area contributed by atoms with Crippen LogP contribution in [0.3, 0.4) is 0 Å². The molecule has 1 aromatic heterocycles. The number of quaternary nitrogens is 2. The summed E-state index contributed by atoms with van der Waals surface area (Å²) in [5.41, 5.74) is 3.39. The number of likely N-dealkylation sites (N-methyl/N-ethyl adjacent to an activating group) is 1. The summed E-state index contributed by atoms with van der Waals surface area (Å²) in [5, 5.41) is 1.77. The van der Waals surface area contributed by atoms with Crippen molar-refractivity contribution in [2.24, 2.45) is 0 Å². The van der Waals surface area contributed by atoms with Gasteiger partial charge in [-0.25, -0.2) is 4.79 Å². The molecule has 1 aliphatic rings. The van der Waals surface area contributed by atoms with E-state index in [9.17, 15) is 4.79 Å². The fraction of sp³-hybridized carbons (Fsp3) is 0.471. The number of piperazine rings is 1. The van der Waals surface area contributed by atoms with E-state index in [1.54, 1.807) is 11.0 Å². The van der Waals surface area contributed by atoms with Crippen LogP contribution >= 0.6 is 11.6 Å². The highest BCUT2D eigenvalue weighted by Gasteiger charge is 2.22. The fourth-order valence-electron chi connectivity index (χ4n) is 3.37. The van der Waals surface area contributed by atoms with Crippen LogP contribution in [0.5, 0.6) is 0 Å². The molecule has 1 fully saturated rings. The molecule has 5 heteroatoms. The van der Waals surface area contributed by atoms with Crippen LogP contribution in [0.2, 0.25) is 5.02 Å². The molecule has 1 aliphatic heterocycles. The largest absolute Gasteiger partial charge is 0.423 e. The van der Waals surface area contributed by atoms with E-state index in [1.165, 1.54) is 18.0 Å². The molecular formula is C17H23ClN2O2+2. The SMILES string of the molecule is Cc1cc2oc(=O)cc(C[NH+]3CC[NH+](C)CC3)c2c(C)c1Cl. The maximum atomic E-state index is 11.9. The highest BCUT2D eigenvalue weighted by Crippen LogP contribution is 2.30. The summed E-state index contributed by atoms with van der Waals surface area (Å²) in [6.07, 6.45) is 0. The van der Waals surface area contributed by atoms with Gasteiger partial charge in [0.25, 0.3) is 0 Å². The Morgan fingerprint density at radius 2 is 1.86 bits per heavy atom. The van der Waals surface area contributed by atoms with Gasteiger partial charge in [0, 0.05) is 22.0 Å². The van der Waals surface area contributed by atoms with E-state index in [4.69, 9.17) is 16.0 Å². The van der Waals surface area contributed by atoms with E-state index in [0.717, 1.165) is 46.7 Å². The number of rotatable bonds is 2. The molecule has 0 amide bonds. The maximum Gasteiger partial charge on any atom is 0.336 e. The van der Waals surface area contributed by atoms with Crippen molar-refractivity contribution < 1.29 is 14.2 Å². The van der Waals surface area contributed by atoms with Gasteiger partial charge in [-0.1, -0.05) is 11.6 Å². The van der Waals surface area contributed by atoms with Gasteiger partial charge in [-0.05, 0) is 31.0 Å². The molecule has 118 valence electrons.